The molecule has 0 aromatic rings. The summed E-state index contributed by atoms with van der Waals surface area (Å²) in [5.74, 6) is 1.35. The van der Waals surface area contributed by atoms with Gasteiger partial charge in [-0.1, -0.05) is 12.8 Å². The van der Waals surface area contributed by atoms with Gasteiger partial charge in [0.25, 0.3) is 0 Å². The number of carbonyl (C=O) groups is 2. The highest BCUT2D eigenvalue weighted by Gasteiger charge is 2.24. The predicted octanol–water partition coefficient (Wildman–Crippen LogP) is 0.857. The molecule has 0 aliphatic heterocycles. The maximum Gasteiger partial charge on any atom is 0.326 e. The fourth-order valence-corrected chi connectivity index (χ4v) is 1.18. The van der Waals surface area contributed by atoms with E-state index in [1.54, 1.807) is 0 Å². The lowest BCUT2D eigenvalue weighted by atomic mass is 10.3. The highest BCUT2D eigenvalue weighted by Crippen LogP contribution is 2.03. The summed E-state index contributed by atoms with van der Waals surface area (Å²) in [6.07, 6.45) is 5.94. The number of hydrogen-bond acceptors (Lipinski definition) is 2. The molecule has 0 aromatic heterocycles. The third kappa shape index (κ3) is 3.81. The molecule has 90 valence electrons. The minimum Gasteiger partial charge on any atom is -0.480 e. The summed E-state index contributed by atoms with van der Waals surface area (Å²) in [4.78, 5) is 25.2. The topological polar surface area (TPSA) is 60.9 Å². The number of carbonyl (C=O) groups excluding carboxylic acids is 1. The molecular formula is C11H18N2O3. The Morgan fingerprint density at radius 2 is 2.06 bits per heavy atom. The van der Waals surface area contributed by atoms with Gasteiger partial charge >= 0.3 is 12.0 Å². The van der Waals surface area contributed by atoms with Crippen molar-refractivity contribution < 1.29 is 14.7 Å². The standard InChI is InChI=1S/C11H18N2O3/c1-5-7-13(8-6-2)11(16)12(4)9(3)10(14)15/h1,9H,6-8H2,2-4H3,(H,14,15). The summed E-state index contributed by atoms with van der Waals surface area (Å²) in [5, 5.41) is 8.79. The molecule has 0 bridgehead atoms. The van der Waals surface area contributed by atoms with E-state index >= 15 is 0 Å². The molecule has 0 aliphatic carbocycles. The van der Waals surface area contributed by atoms with Gasteiger partial charge in [-0.2, -0.15) is 0 Å². The average molecular weight is 226 g/mol. The lowest BCUT2D eigenvalue weighted by Crippen LogP contribution is -2.48. The van der Waals surface area contributed by atoms with Gasteiger partial charge in [-0.3, -0.25) is 0 Å². The van der Waals surface area contributed by atoms with Crippen molar-refractivity contribution in [2.24, 2.45) is 0 Å². The van der Waals surface area contributed by atoms with Crippen molar-refractivity contribution in [1.29, 1.82) is 0 Å². The zero-order valence-electron chi connectivity index (χ0n) is 9.93. The van der Waals surface area contributed by atoms with Crippen LogP contribution in [0.4, 0.5) is 4.79 Å². The van der Waals surface area contributed by atoms with Crippen LogP contribution < -0.4 is 0 Å². The molecule has 0 rings (SSSR count). The Hall–Kier alpha value is -1.70. The molecular weight excluding hydrogens is 208 g/mol. The fourth-order valence-electron chi connectivity index (χ4n) is 1.18. The van der Waals surface area contributed by atoms with Crippen molar-refractivity contribution in [3.8, 4) is 12.3 Å². The molecule has 0 aromatic carbocycles. The predicted molar refractivity (Wildman–Crippen MR) is 61.0 cm³/mol. The number of carboxylic acid groups (broad SMARTS) is 1. The summed E-state index contributed by atoms with van der Waals surface area (Å²) in [5.41, 5.74) is 0. The van der Waals surface area contributed by atoms with E-state index in [0.717, 1.165) is 6.42 Å². The summed E-state index contributed by atoms with van der Waals surface area (Å²) < 4.78 is 0. The van der Waals surface area contributed by atoms with Crippen molar-refractivity contribution in [3.05, 3.63) is 0 Å². The van der Waals surface area contributed by atoms with E-state index in [9.17, 15) is 9.59 Å². The van der Waals surface area contributed by atoms with Gasteiger partial charge in [0.2, 0.25) is 0 Å². The van der Waals surface area contributed by atoms with E-state index in [4.69, 9.17) is 11.5 Å². The number of nitrogens with zero attached hydrogens (tertiary/aromatic N) is 2. The molecule has 1 N–H and O–H groups in total. The number of rotatable bonds is 5. The summed E-state index contributed by atoms with van der Waals surface area (Å²) in [7, 11) is 1.46. The van der Waals surface area contributed by atoms with Gasteiger partial charge in [0.1, 0.15) is 6.04 Å². The first-order chi connectivity index (χ1) is 7.45. The maximum atomic E-state index is 11.9. The number of hydrogen-bond donors (Lipinski definition) is 1. The third-order valence-electron chi connectivity index (χ3n) is 2.29. The molecule has 1 atom stereocenters. The minimum absolute atomic E-state index is 0.198. The van der Waals surface area contributed by atoms with Gasteiger partial charge in [0, 0.05) is 13.6 Å². The largest absolute Gasteiger partial charge is 0.480 e. The first-order valence-electron chi connectivity index (χ1n) is 5.13. The molecule has 0 spiro atoms. The molecule has 16 heavy (non-hydrogen) atoms. The Morgan fingerprint density at radius 3 is 2.44 bits per heavy atom. The van der Waals surface area contributed by atoms with Gasteiger partial charge in [0.15, 0.2) is 0 Å². The Labute approximate surface area is 96.0 Å². The van der Waals surface area contributed by atoms with E-state index in [2.05, 4.69) is 5.92 Å². The smallest absolute Gasteiger partial charge is 0.326 e. The SMILES string of the molecule is C#CCN(CCC)C(=O)N(C)C(C)C(=O)O. The van der Waals surface area contributed by atoms with Gasteiger partial charge in [-0.05, 0) is 13.3 Å². The van der Waals surface area contributed by atoms with E-state index in [-0.39, 0.29) is 12.6 Å². The number of urea groups is 1. The van der Waals surface area contributed by atoms with Crippen LogP contribution in [0.1, 0.15) is 20.3 Å². The van der Waals surface area contributed by atoms with Crippen molar-refractivity contribution in [2.75, 3.05) is 20.1 Å². The van der Waals surface area contributed by atoms with Crippen LogP contribution in [0, 0.1) is 12.3 Å². The molecule has 5 heteroatoms. The highest BCUT2D eigenvalue weighted by molar-refractivity contribution is 5.82. The van der Waals surface area contributed by atoms with E-state index < -0.39 is 12.0 Å². The monoisotopic (exact) mass is 226 g/mol. The molecule has 0 saturated carbocycles. The zero-order chi connectivity index (χ0) is 12.7. The number of aliphatic carboxylic acids is 1. The van der Waals surface area contributed by atoms with Gasteiger partial charge < -0.3 is 14.9 Å². The first kappa shape index (κ1) is 14.3. The van der Waals surface area contributed by atoms with Crippen LogP contribution in [-0.2, 0) is 4.79 Å². The second-order valence-corrected chi connectivity index (χ2v) is 3.53. The van der Waals surface area contributed by atoms with E-state index in [0.29, 0.717) is 6.54 Å². The molecule has 0 aliphatic rings. The lowest BCUT2D eigenvalue weighted by Gasteiger charge is -2.28. The van der Waals surface area contributed by atoms with Gasteiger partial charge in [-0.25, -0.2) is 9.59 Å². The van der Waals surface area contributed by atoms with Crippen LogP contribution in [0.3, 0.4) is 0 Å². The van der Waals surface area contributed by atoms with Crippen LogP contribution in [0.2, 0.25) is 0 Å². The van der Waals surface area contributed by atoms with Crippen LogP contribution in [0.15, 0.2) is 0 Å². The zero-order valence-corrected chi connectivity index (χ0v) is 9.93. The van der Waals surface area contributed by atoms with Gasteiger partial charge in [0.05, 0.1) is 6.54 Å². The van der Waals surface area contributed by atoms with Crippen LogP contribution >= 0.6 is 0 Å². The molecule has 0 saturated heterocycles. The summed E-state index contributed by atoms with van der Waals surface area (Å²) in [6.45, 7) is 4.11. The molecule has 2 amide bonds. The number of amides is 2. The van der Waals surface area contributed by atoms with Crippen molar-refractivity contribution in [1.82, 2.24) is 9.80 Å². The number of likely N-dealkylation sites (N-methyl/N-ethyl adjacent to an activating group) is 1. The minimum atomic E-state index is -1.03. The molecule has 1 unspecified atom stereocenters. The Bertz CT molecular complexity index is 296. The summed E-state index contributed by atoms with van der Waals surface area (Å²) in [6, 6.07) is -1.21. The maximum absolute atomic E-state index is 11.9. The second-order valence-electron chi connectivity index (χ2n) is 3.53. The quantitative estimate of drug-likeness (QED) is 0.707. The Balaban J connectivity index is 4.60. The van der Waals surface area contributed by atoms with Crippen LogP contribution in [-0.4, -0.2) is 53.1 Å². The van der Waals surface area contributed by atoms with E-state index in [1.165, 1.54) is 23.8 Å². The Kier molecular flexibility index (Phi) is 6.01. The molecule has 0 heterocycles. The van der Waals surface area contributed by atoms with E-state index in [1.807, 2.05) is 6.92 Å². The summed E-state index contributed by atoms with van der Waals surface area (Å²) >= 11 is 0. The average Bonchev–Trinajstić information content (AvgIpc) is 2.25. The molecule has 5 nitrogen and oxygen atoms in total. The van der Waals surface area contributed by atoms with Crippen molar-refractivity contribution in [2.45, 2.75) is 26.3 Å². The second kappa shape index (κ2) is 6.72. The normalized spacial score (nSPS) is 11.4. The Morgan fingerprint density at radius 1 is 1.50 bits per heavy atom. The lowest BCUT2D eigenvalue weighted by molar-refractivity contribution is -0.141. The number of carboxylic acids is 1. The highest BCUT2D eigenvalue weighted by atomic mass is 16.4. The van der Waals surface area contributed by atoms with Gasteiger partial charge in [-0.15, -0.1) is 6.42 Å². The van der Waals surface area contributed by atoms with Crippen molar-refractivity contribution in [3.63, 3.8) is 0 Å². The number of terminal acetylenes is 1. The third-order valence-corrected chi connectivity index (χ3v) is 2.29. The molecule has 0 radical (unpaired) electrons. The van der Waals surface area contributed by atoms with Crippen molar-refractivity contribution >= 4 is 12.0 Å². The first-order valence-corrected chi connectivity index (χ1v) is 5.13. The molecule has 0 fully saturated rings. The van der Waals surface area contributed by atoms with Crippen LogP contribution in [0.25, 0.3) is 0 Å². The fraction of sp³-hybridized carbons (Fsp3) is 0.636. The van der Waals surface area contributed by atoms with Crippen LogP contribution in [0.5, 0.6) is 0 Å².